The Hall–Kier alpha value is -0.680. The number of hydrogen-bond donors (Lipinski definition) is 1. The van der Waals surface area contributed by atoms with Crippen LogP contribution in [0.3, 0.4) is 0 Å². The summed E-state index contributed by atoms with van der Waals surface area (Å²) in [4.78, 5) is 4.92. The lowest BCUT2D eigenvalue weighted by atomic mass is 10.1. The Kier molecular flexibility index (Phi) is 3.28. The summed E-state index contributed by atoms with van der Waals surface area (Å²) in [7, 11) is 0. The van der Waals surface area contributed by atoms with Crippen LogP contribution in [-0.2, 0) is 6.54 Å². The van der Waals surface area contributed by atoms with Crippen LogP contribution in [0.15, 0.2) is 35.7 Å². The molecule has 1 aliphatic heterocycles. The molecule has 2 heterocycles. The van der Waals surface area contributed by atoms with Crippen molar-refractivity contribution in [3.63, 3.8) is 0 Å². The van der Waals surface area contributed by atoms with Crippen molar-refractivity contribution in [1.82, 2.24) is 9.55 Å². The Labute approximate surface area is 119 Å². The van der Waals surface area contributed by atoms with Crippen LogP contribution in [0.25, 0.3) is 0 Å². The van der Waals surface area contributed by atoms with Gasteiger partial charge in [-0.25, -0.2) is 4.98 Å². The molecule has 0 amide bonds. The standard InChI is InChI=1S/C12H10Cl2N2OS/c13-7-3-8-11(17)10(5-16-2-1-15-6-16)18-12(8)9(14)4-7/h1-4,6,10-11,17H,5H2. The molecule has 0 bridgehead atoms. The van der Waals surface area contributed by atoms with Gasteiger partial charge in [-0.3, -0.25) is 0 Å². The van der Waals surface area contributed by atoms with Crippen LogP contribution < -0.4 is 0 Å². The van der Waals surface area contributed by atoms with Crippen LogP contribution in [0.1, 0.15) is 11.7 Å². The molecule has 2 atom stereocenters. The van der Waals surface area contributed by atoms with Crippen molar-refractivity contribution in [3.8, 4) is 0 Å². The van der Waals surface area contributed by atoms with E-state index in [-0.39, 0.29) is 5.25 Å². The molecular formula is C12H10Cl2N2OS. The highest BCUT2D eigenvalue weighted by Gasteiger charge is 2.33. The van der Waals surface area contributed by atoms with Crippen molar-refractivity contribution < 1.29 is 5.11 Å². The first-order valence-electron chi connectivity index (χ1n) is 5.44. The molecule has 1 aromatic carbocycles. The van der Waals surface area contributed by atoms with Crippen LogP contribution in [0.5, 0.6) is 0 Å². The van der Waals surface area contributed by atoms with Crippen molar-refractivity contribution >= 4 is 35.0 Å². The molecule has 1 N–H and O–H groups in total. The molecule has 1 aromatic heterocycles. The average Bonchev–Trinajstić information content (AvgIpc) is 2.91. The first-order valence-corrected chi connectivity index (χ1v) is 7.08. The fourth-order valence-electron chi connectivity index (χ4n) is 2.08. The highest BCUT2D eigenvalue weighted by atomic mass is 35.5. The van der Waals surface area contributed by atoms with E-state index >= 15 is 0 Å². The number of nitrogens with zero attached hydrogens (tertiary/aromatic N) is 2. The minimum Gasteiger partial charge on any atom is -0.387 e. The van der Waals surface area contributed by atoms with Crippen LogP contribution in [0.2, 0.25) is 10.0 Å². The smallest absolute Gasteiger partial charge is 0.0946 e. The topological polar surface area (TPSA) is 38.0 Å². The summed E-state index contributed by atoms with van der Waals surface area (Å²) in [6, 6.07) is 3.50. The van der Waals surface area contributed by atoms with Gasteiger partial charge in [0.1, 0.15) is 0 Å². The molecule has 0 spiro atoms. The molecule has 0 radical (unpaired) electrons. The van der Waals surface area contributed by atoms with Crippen molar-refractivity contribution in [2.45, 2.75) is 22.8 Å². The molecule has 0 fully saturated rings. The lowest BCUT2D eigenvalue weighted by Crippen LogP contribution is -2.16. The van der Waals surface area contributed by atoms with Gasteiger partial charge in [0.15, 0.2) is 0 Å². The maximum atomic E-state index is 10.3. The van der Waals surface area contributed by atoms with Crippen molar-refractivity contribution in [3.05, 3.63) is 46.5 Å². The van der Waals surface area contributed by atoms with Crippen LogP contribution in [-0.4, -0.2) is 19.9 Å². The summed E-state index contributed by atoms with van der Waals surface area (Å²) in [5.74, 6) is 0. The first kappa shape index (κ1) is 12.4. The van der Waals surface area contributed by atoms with E-state index in [1.165, 1.54) is 0 Å². The van der Waals surface area contributed by atoms with E-state index in [4.69, 9.17) is 23.2 Å². The van der Waals surface area contributed by atoms with E-state index in [1.807, 2.05) is 10.8 Å². The maximum absolute atomic E-state index is 10.3. The van der Waals surface area contributed by atoms with E-state index in [0.29, 0.717) is 16.6 Å². The number of hydrogen-bond acceptors (Lipinski definition) is 3. The van der Waals surface area contributed by atoms with Gasteiger partial charge in [-0.05, 0) is 17.7 Å². The second-order valence-corrected chi connectivity index (χ2v) is 6.26. The fourth-order valence-corrected chi connectivity index (χ4v) is 4.03. The number of thioether (sulfide) groups is 1. The lowest BCUT2D eigenvalue weighted by molar-refractivity contribution is 0.170. The number of imidazole rings is 1. The first-order chi connectivity index (χ1) is 8.65. The van der Waals surface area contributed by atoms with Crippen LogP contribution >= 0.6 is 35.0 Å². The minimum absolute atomic E-state index is 0.0326. The van der Waals surface area contributed by atoms with Crippen LogP contribution in [0.4, 0.5) is 0 Å². The maximum Gasteiger partial charge on any atom is 0.0946 e. The van der Waals surface area contributed by atoms with Gasteiger partial charge in [-0.15, -0.1) is 11.8 Å². The van der Waals surface area contributed by atoms with E-state index in [9.17, 15) is 5.11 Å². The van der Waals surface area contributed by atoms with Gasteiger partial charge in [0, 0.05) is 28.9 Å². The quantitative estimate of drug-likeness (QED) is 0.924. The van der Waals surface area contributed by atoms with Gasteiger partial charge in [0.2, 0.25) is 0 Å². The molecule has 0 aliphatic carbocycles. The molecule has 0 saturated carbocycles. The van der Waals surface area contributed by atoms with Crippen molar-refractivity contribution in [2.24, 2.45) is 0 Å². The fraction of sp³-hybridized carbons (Fsp3) is 0.250. The molecule has 1 aliphatic rings. The highest BCUT2D eigenvalue weighted by Crippen LogP contribution is 2.49. The third kappa shape index (κ3) is 2.14. The molecule has 3 rings (SSSR count). The summed E-state index contributed by atoms with van der Waals surface area (Å²) >= 11 is 13.7. The molecule has 2 aromatic rings. The number of benzene rings is 1. The Morgan fingerprint density at radius 2 is 2.22 bits per heavy atom. The van der Waals surface area contributed by atoms with Crippen molar-refractivity contribution in [2.75, 3.05) is 0 Å². The zero-order valence-corrected chi connectivity index (χ0v) is 11.6. The zero-order chi connectivity index (χ0) is 12.7. The SMILES string of the molecule is OC1c2cc(Cl)cc(Cl)c2SC1Cn1ccnc1. The number of rotatable bonds is 2. The molecular weight excluding hydrogens is 291 g/mol. The predicted octanol–water partition coefficient (Wildman–Crippen LogP) is 3.40. The highest BCUT2D eigenvalue weighted by molar-refractivity contribution is 8.00. The predicted molar refractivity (Wildman–Crippen MR) is 73.3 cm³/mol. The van der Waals surface area contributed by atoms with Crippen LogP contribution in [0, 0.1) is 0 Å². The number of halogens is 2. The Bertz CT molecular complexity index is 574. The second-order valence-electron chi connectivity index (χ2n) is 4.17. The summed E-state index contributed by atoms with van der Waals surface area (Å²) < 4.78 is 1.95. The molecule has 94 valence electrons. The summed E-state index contributed by atoms with van der Waals surface area (Å²) in [5, 5.41) is 11.5. The van der Waals surface area contributed by atoms with E-state index in [0.717, 1.165) is 10.5 Å². The van der Waals surface area contributed by atoms with Gasteiger partial charge in [-0.2, -0.15) is 0 Å². The Morgan fingerprint density at radius 3 is 2.94 bits per heavy atom. The molecule has 18 heavy (non-hydrogen) atoms. The molecule has 3 nitrogen and oxygen atoms in total. The summed E-state index contributed by atoms with van der Waals surface area (Å²) in [6.07, 6.45) is 4.79. The van der Waals surface area contributed by atoms with Gasteiger partial charge in [-0.1, -0.05) is 23.2 Å². The number of fused-ring (bicyclic) bond motifs is 1. The lowest BCUT2D eigenvalue weighted by Gasteiger charge is -2.14. The average molecular weight is 301 g/mol. The number of aliphatic hydroxyl groups is 1. The van der Waals surface area contributed by atoms with Gasteiger partial charge in [0.25, 0.3) is 0 Å². The normalized spacial score (nSPS) is 22.2. The van der Waals surface area contributed by atoms with Gasteiger partial charge >= 0.3 is 0 Å². The second kappa shape index (κ2) is 4.78. The van der Waals surface area contributed by atoms with E-state index < -0.39 is 6.10 Å². The van der Waals surface area contributed by atoms with E-state index in [2.05, 4.69) is 4.98 Å². The zero-order valence-electron chi connectivity index (χ0n) is 9.25. The Balaban J connectivity index is 1.89. The number of aliphatic hydroxyl groups excluding tert-OH is 1. The molecule has 0 saturated heterocycles. The molecule has 6 heteroatoms. The molecule has 2 unspecified atom stereocenters. The summed E-state index contributed by atoms with van der Waals surface area (Å²) in [5.41, 5.74) is 0.822. The third-order valence-electron chi connectivity index (χ3n) is 2.93. The number of aromatic nitrogens is 2. The summed E-state index contributed by atoms with van der Waals surface area (Å²) in [6.45, 7) is 0.689. The van der Waals surface area contributed by atoms with Gasteiger partial charge in [0.05, 0.1) is 22.7 Å². The minimum atomic E-state index is -0.552. The van der Waals surface area contributed by atoms with Gasteiger partial charge < -0.3 is 9.67 Å². The largest absolute Gasteiger partial charge is 0.387 e. The van der Waals surface area contributed by atoms with E-state index in [1.54, 1.807) is 36.4 Å². The monoisotopic (exact) mass is 300 g/mol. The van der Waals surface area contributed by atoms with Crippen molar-refractivity contribution in [1.29, 1.82) is 0 Å². The Morgan fingerprint density at radius 1 is 1.39 bits per heavy atom. The third-order valence-corrected chi connectivity index (χ3v) is 4.96.